The van der Waals surface area contributed by atoms with Crippen molar-refractivity contribution in [3.63, 3.8) is 0 Å². The van der Waals surface area contributed by atoms with Gasteiger partial charge in [0, 0.05) is 5.56 Å². The van der Waals surface area contributed by atoms with Crippen molar-refractivity contribution in [2.45, 2.75) is 4.34 Å². The quantitative estimate of drug-likeness (QED) is 0.528. The largest absolute Gasteiger partial charge is 0.293 e. The number of hydrogen-bond donors (Lipinski definition) is 0. The van der Waals surface area contributed by atoms with Crippen molar-refractivity contribution in [2.75, 3.05) is 5.75 Å². The highest BCUT2D eigenvalue weighted by atomic mass is 32.2. The fourth-order valence-electron chi connectivity index (χ4n) is 1.79. The number of fused-ring (bicyclic) bond motifs is 1. The first-order chi connectivity index (χ1) is 9.72. The summed E-state index contributed by atoms with van der Waals surface area (Å²) < 4.78 is 15.0. The van der Waals surface area contributed by atoms with Gasteiger partial charge in [0.15, 0.2) is 10.1 Å². The first-order valence-corrected chi connectivity index (χ1v) is 7.80. The first kappa shape index (κ1) is 13.3. The number of halogens is 1. The zero-order valence-corrected chi connectivity index (χ0v) is 12.0. The van der Waals surface area contributed by atoms with E-state index < -0.39 is 0 Å². The number of aromatic nitrogens is 1. The summed E-state index contributed by atoms with van der Waals surface area (Å²) >= 11 is 2.95. The molecule has 3 rings (SSSR count). The number of para-hydroxylation sites is 1. The van der Waals surface area contributed by atoms with Gasteiger partial charge in [-0.3, -0.25) is 4.79 Å². The van der Waals surface area contributed by atoms with E-state index in [1.807, 2.05) is 24.3 Å². The monoisotopic (exact) mass is 303 g/mol. The standard InChI is InChI=1S/C15H10FNOS2/c16-11-5-3-4-10(8-11)13(18)9-19-15-17-12-6-1-2-7-14(12)20-15/h1-8H,9H2. The second kappa shape index (κ2) is 5.73. The Morgan fingerprint density at radius 3 is 2.85 bits per heavy atom. The van der Waals surface area contributed by atoms with Crippen LogP contribution < -0.4 is 0 Å². The number of benzene rings is 2. The lowest BCUT2D eigenvalue weighted by Gasteiger charge is -1.99. The van der Waals surface area contributed by atoms with Gasteiger partial charge in [-0.15, -0.1) is 11.3 Å². The lowest BCUT2D eigenvalue weighted by molar-refractivity contribution is 0.102. The average molecular weight is 303 g/mol. The van der Waals surface area contributed by atoms with Crippen LogP contribution in [0.5, 0.6) is 0 Å². The molecule has 0 amide bonds. The molecule has 20 heavy (non-hydrogen) atoms. The Morgan fingerprint density at radius 1 is 1.20 bits per heavy atom. The van der Waals surface area contributed by atoms with E-state index in [1.165, 1.54) is 23.9 Å². The topological polar surface area (TPSA) is 30.0 Å². The predicted octanol–water partition coefficient (Wildman–Crippen LogP) is 4.41. The minimum atomic E-state index is -0.388. The third kappa shape index (κ3) is 2.89. The summed E-state index contributed by atoms with van der Waals surface area (Å²) in [5.41, 5.74) is 1.34. The van der Waals surface area contributed by atoms with Crippen LogP contribution in [0, 0.1) is 5.82 Å². The molecule has 0 saturated heterocycles. The maximum atomic E-state index is 13.1. The maximum Gasteiger partial charge on any atom is 0.173 e. The Labute approximate surface area is 123 Å². The number of thiazole rings is 1. The summed E-state index contributed by atoms with van der Waals surface area (Å²) in [6.07, 6.45) is 0. The number of hydrogen-bond acceptors (Lipinski definition) is 4. The Kier molecular flexibility index (Phi) is 3.80. The van der Waals surface area contributed by atoms with Crippen molar-refractivity contribution < 1.29 is 9.18 Å². The minimum absolute atomic E-state index is 0.0891. The van der Waals surface area contributed by atoms with Crippen LogP contribution in [0.1, 0.15) is 10.4 Å². The predicted molar refractivity (Wildman–Crippen MR) is 81.1 cm³/mol. The number of thioether (sulfide) groups is 1. The zero-order chi connectivity index (χ0) is 13.9. The van der Waals surface area contributed by atoms with Crippen molar-refractivity contribution in [2.24, 2.45) is 0 Å². The highest BCUT2D eigenvalue weighted by molar-refractivity contribution is 8.01. The third-order valence-corrected chi connectivity index (χ3v) is 4.93. The molecule has 0 N–H and O–H groups in total. The van der Waals surface area contributed by atoms with E-state index in [0.717, 1.165) is 14.6 Å². The molecular weight excluding hydrogens is 293 g/mol. The number of Topliss-reactive ketones (excluding diaryl/α,β-unsaturated/α-hetero) is 1. The number of carbonyl (C=O) groups is 1. The van der Waals surface area contributed by atoms with E-state index in [4.69, 9.17) is 0 Å². The second-order valence-corrected chi connectivity index (χ2v) is 6.42. The van der Waals surface area contributed by atoms with Crippen molar-refractivity contribution in [3.05, 3.63) is 59.9 Å². The molecule has 3 aromatic rings. The lowest BCUT2D eigenvalue weighted by atomic mass is 10.1. The molecule has 0 radical (unpaired) electrons. The van der Waals surface area contributed by atoms with Gasteiger partial charge in [0.25, 0.3) is 0 Å². The van der Waals surface area contributed by atoms with Crippen LogP contribution in [0.15, 0.2) is 52.9 Å². The number of rotatable bonds is 4. The molecule has 0 saturated carbocycles. The van der Waals surface area contributed by atoms with Crippen molar-refractivity contribution in [1.82, 2.24) is 4.98 Å². The van der Waals surface area contributed by atoms with E-state index in [1.54, 1.807) is 23.5 Å². The van der Waals surface area contributed by atoms with Crippen molar-refractivity contribution in [3.8, 4) is 0 Å². The normalized spacial score (nSPS) is 10.8. The SMILES string of the molecule is O=C(CSc1nc2ccccc2s1)c1cccc(F)c1. The van der Waals surface area contributed by atoms with E-state index >= 15 is 0 Å². The van der Waals surface area contributed by atoms with Gasteiger partial charge in [-0.05, 0) is 24.3 Å². The number of ketones is 1. The van der Waals surface area contributed by atoms with Crippen LogP contribution in [0.25, 0.3) is 10.2 Å². The Balaban J connectivity index is 1.71. The minimum Gasteiger partial charge on any atom is -0.293 e. The smallest absolute Gasteiger partial charge is 0.173 e. The van der Waals surface area contributed by atoms with Gasteiger partial charge in [0.1, 0.15) is 5.82 Å². The molecule has 5 heteroatoms. The molecule has 0 atom stereocenters. The van der Waals surface area contributed by atoms with Crippen LogP contribution in [0.2, 0.25) is 0 Å². The molecular formula is C15H10FNOS2. The molecule has 0 aliphatic carbocycles. The molecule has 1 heterocycles. The molecule has 100 valence electrons. The fraction of sp³-hybridized carbons (Fsp3) is 0.0667. The molecule has 2 aromatic carbocycles. The Morgan fingerprint density at radius 2 is 2.05 bits per heavy atom. The lowest BCUT2D eigenvalue weighted by Crippen LogP contribution is -2.02. The van der Waals surface area contributed by atoms with Crippen LogP contribution in [-0.2, 0) is 0 Å². The van der Waals surface area contributed by atoms with Crippen molar-refractivity contribution >= 4 is 39.1 Å². The highest BCUT2D eigenvalue weighted by Gasteiger charge is 2.10. The van der Waals surface area contributed by atoms with Gasteiger partial charge >= 0.3 is 0 Å². The van der Waals surface area contributed by atoms with E-state index in [9.17, 15) is 9.18 Å². The molecule has 0 spiro atoms. The summed E-state index contributed by atoms with van der Waals surface area (Å²) in [5.74, 6) is -0.210. The summed E-state index contributed by atoms with van der Waals surface area (Å²) in [7, 11) is 0. The molecule has 1 aromatic heterocycles. The highest BCUT2D eigenvalue weighted by Crippen LogP contribution is 2.29. The molecule has 0 fully saturated rings. The van der Waals surface area contributed by atoms with Gasteiger partial charge in [0.2, 0.25) is 0 Å². The first-order valence-electron chi connectivity index (χ1n) is 5.99. The van der Waals surface area contributed by atoms with Crippen LogP contribution in [0.4, 0.5) is 4.39 Å². The van der Waals surface area contributed by atoms with Crippen LogP contribution in [0.3, 0.4) is 0 Å². The molecule has 0 aliphatic rings. The van der Waals surface area contributed by atoms with Crippen molar-refractivity contribution in [1.29, 1.82) is 0 Å². The molecule has 0 aliphatic heterocycles. The summed E-state index contributed by atoms with van der Waals surface area (Å²) in [5, 5.41) is 0. The fourth-order valence-corrected chi connectivity index (χ4v) is 3.75. The Hall–Kier alpha value is -1.72. The molecule has 2 nitrogen and oxygen atoms in total. The van der Waals surface area contributed by atoms with E-state index in [-0.39, 0.29) is 17.4 Å². The van der Waals surface area contributed by atoms with Gasteiger partial charge in [0.05, 0.1) is 16.0 Å². The number of nitrogens with zero attached hydrogens (tertiary/aromatic N) is 1. The van der Waals surface area contributed by atoms with E-state index in [2.05, 4.69) is 4.98 Å². The third-order valence-electron chi connectivity index (χ3n) is 2.75. The molecule has 0 unspecified atom stereocenters. The van der Waals surface area contributed by atoms with Gasteiger partial charge < -0.3 is 0 Å². The number of carbonyl (C=O) groups excluding carboxylic acids is 1. The van der Waals surface area contributed by atoms with Gasteiger partial charge in [-0.25, -0.2) is 9.37 Å². The van der Waals surface area contributed by atoms with Gasteiger partial charge in [-0.2, -0.15) is 0 Å². The summed E-state index contributed by atoms with van der Waals surface area (Å²) in [6.45, 7) is 0. The second-order valence-electron chi connectivity index (χ2n) is 4.17. The van der Waals surface area contributed by atoms with E-state index in [0.29, 0.717) is 5.56 Å². The average Bonchev–Trinajstić information content (AvgIpc) is 2.87. The van der Waals surface area contributed by atoms with Gasteiger partial charge in [-0.1, -0.05) is 36.0 Å². The maximum absolute atomic E-state index is 13.1. The van der Waals surface area contributed by atoms with Crippen LogP contribution >= 0.6 is 23.1 Å². The molecule has 0 bridgehead atoms. The zero-order valence-electron chi connectivity index (χ0n) is 10.4. The van der Waals surface area contributed by atoms with Crippen LogP contribution in [-0.4, -0.2) is 16.5 Å². The summed E-state index contributed by atoms with van der Waals surface area (Å²) in [4.78, 5) is 16.4. The Bertz CT molecular complexity index is 736. The summed E-state index contributed by atoms with van der Waals surface area (Å²) in [6, 6.07) is 13.6.